The van der Waals surface area contributed by atoms with Crippen LogP contribution in [0.5, 0.6) is 5.75 Å². The first kappa shape index (κ1) is 27.1. The van der Waals surface area contributed by atoms with Gasteiger partial charge in [-0.15, -0.1) is 0 Å². The van der Waals surface area contributed by atoms with Crippen molar-refractivity contribution in [1.29, 1.82) is 0 Å². The Labute approximate surface area is 224 Å². The number of nitrogens with one attached hydrogen (secondary N) is 1. The van der Waals surface area contributed by atoms with Gasteiger partial charge < -0.3 is 15.0 Å². The lowest BCUT2D eigenvalue weighted by molar-refractivity contribution is -0.143. The van der Waals surface area contributed by atoms with E-state index in [0.29, 0.717) is 22.2 Å². The lowest BCUT2D eigenvalue weighted by Gasteiger charge is -2.32. The van der Waals surface area contributed by atoms with Gasteiger partial charge >= 0.3 is 0 Å². The summed E-state index contributed by atoms with van der Waals surface area (Å²) in [6, 6.07) is 21.3. The summed E-state index contributed by atoms with van der Waals surface area (Å²) in [6.45, 7) is 3.75. The van der Waals surface area contributed by atoms with E-state index in [9.17, 15) is 9.59 Å². The molecule has 0 saturated carbocycles. The second-order valence-corrected chi connectivity index (χ2v) is 10.1. The van der Waals surface area contributed by atoms with Crippen LogP contribution in [0.1, 0.15) is 25.0 Å². The molecule has 0 radical (unpaired) electrons. The van der Waals surface area contributed by atoms with Gasteiger partial charge in [-0.05, 0) is 55.3 Å². The monoisotopic (exact) mass is 576 g/mol. The number of carbonyl (C=O) groups excluding carboxylic acids is 2. The zero-order valence-electron chi connectivity index (χ0n) is 19.5. The highest BCUT2D eigenvalue weighted by Crippen LogP contribution is 2.27. The molecule has 2 amide bonds. The molecule has 3 aromatic carbocycles. The molecule has 0 spiro atoms. The van der Waals surface area contributed by atoms with E-state index < -0.39 is 6.04 Å². The van der Waals surface area contributed by atoms with E-state index >= 15 is 0 Å². The molecule has 0 fully saturated rings. The standard InChI is InChI=1S/C27H27BrCl2N2O3/c1-18(2)31-27(34)24(14-19-6-4-3-5-7-19)32(16-20-8-10-21(28)11-9-20)26(33)17-35-25-13-12-22(29)15-23(25)30/h3-13,15,18,24H,14,16-17H2,1-2H3,(H,31,34). The number of carbonyl (C=O) groups is 2. The fourth-order valence-corrected chi connectivity index (χ4v) is 4.26. The Morgan fingerprint density at radius 1 is 0.971 bits per heavy atom. The van der Waals surface area contributed by atoms with E-state index in [2.05, 4.69) is 21.2 Å². The fraction of sp³-hybridized carbons (Fsp3) is 0.259. The van der Waals surface area contributed by atoms with E-state index in [0.717, 1.165) is 15.6 Å². The highest BCUT2D eigenvalue weighted by molar-refractivity contribution is 9.10. The third-order valence-electron chi connectivity index (χ3n) is 5.21. The molecule has 1 unspecified atom stereocenters. The fourth-order valence-electron chi connectivity index (χ4n) is 3.54. The van der Waals surface area contributed by atoms with Crippen molar-refractivity contribution in [2.75, 3.05) is 6.61 Å². The lowest BCUT2D eigenvalue weighted by Crippen LogP contribution is -2.52. The smallest absolute Gasteiger partial charge is 0.261 e. The van der Waals surface area contributed by atoms with Crippen molar-refractivity contribution in [2.45, 2.75) is 38.9 Å². The Kier molecular flexibility index (Phi) is 10.0. The summed E-state index contributed by atoms with van der Waals surface area (Å²) in [6.07, 6.45) is 0.364. The first-order valence-corrected chi connectivity index (χ1v) is 12.7. The molecule has 0 heterocycles. The summed E-state index contributed by atoms with van der Waals surface area (Å²) >= 11 is 15.6. The molecule has 35 heavy (non-hydrogen) atoms. The van der Waals surface area contributed by atoms with Crippen LogP contribution in [-0.4, -0.2) is 35.4 Å². The molecular weight excluding hydrogens is 551 g/mol. The van der Waals surface area contributed by atoms with Crippen molar-refractivity contribution in [1.82, 2.24) is 10.2 Å². The Morgan fingerprint density at radius 2 is 1.66 bits per heavy atom. The van der Waals surface area contributed by atoms with Crippen LogP contribution in [0.25, 0.3) is 0 Å². The third-order valence-corrected chi connectivity index (χ3v) is 6.27. The van der Waals surface area contributed by atoms with Crippen molar-refractivity contribution < 1.29 is 14.3 Å². The van der Waals surface area contributed by atoms with E-state index in [1.165, 1.54) is 0 Å². The molecule has 0 saturated heterocycles. The van der Waals surface area contributed by atoms with Gasteiger partial charge in [-0.1, -0.05) is 81.6 Å². The zero-order chi connectivity index (χ0) is 25.4. The van der Waals surface area contributed by atoms with Crippen LogP contribution < -0.4 is 10.1 Å². The molecule has 1 N–H and O–H groups in total. The molecule has 0 aliphatic heterocycles. The highest BCUT2D eigenvalue weighted by atomic mass is 79.9. The lowest BCUT2D eigenvalue weighted by atomic mass is 10.0. The van der Waals surface area contributed by atoms with E-state index in [1.54, 1.807) is 23.1 Å². The second kappa shape index (κ2) is 13.0. The summed E-state index contributed by atoms with van der Waals surface area (Å²) in [5.41, 5.74) is 1.84. The quantitative estimate of drug-likeness (QED) is 0.308. The molecule has 0 aromatic heterocycles. The summed E-state index contributed by atoms with van der Waals surface area (Å²) in [4.78, 5) is 28.4. The van der Waals surface area contributed by atoms with Gasteiger partial charge in [-0.25, -0.2) is 0 Å². The predicted octanol–water partition coefficient (Wildman–Crippen LogP) is 6.30. The maximum absolute atomic E-state index is 13.5. The van der Waals surface area contributed by atoms with Gasteiger partial charge in [-0.2, -0.15) is 0 Å². The number of ether oxygens (including phenoxy) is 1. The molecule has 0 aliphatic rings. The Balaban J connectivity index is 1.91. The van der Waals surface area contributed by atoms with Crippen LogP contribution in [0.3, 0.4) is 0 Å². The third kappa shape index (κ3) is 8.27. The van der Waals surface area contributed by atoms with E-state index in [4.69, 9.17) is 27.9 Å². The minimum absolute atomic E-state index is 0.0745. The topological polar surface area (TPSA) is 58.6 Å². The molecule has 184 valence electrons. The summed E-state index contributed by atoms with van der Waals surface area (Å²) in [5, 5.41) is 3.75. The van der Waals surface area contributed by atoms with Gasteiger partial charge in [0.05, 0.1) is 5.02 Å². The second-order valence-electron chi connectivity index (χ2n) is 8.38. The minimum Gasteiger partial charge on any atom is -0.482 e. The van der Waals surface area contributed by atoms with Gasteiger partial charge in [-0.3, -0.25) is 9.59 Å². The molecule has 3 aromatic rings. The Bertz CT molecular complexity index is 1140. The summed E-state index contributed by atoms with van der Waals surface area (Å²) in [5.74, 6) is -0.211. The molecule has 5 nitrogen and oxygen atoms in total. The average molecular weight is 578 g/mol. The number of rotatable bonds is 10. The number of nitrogens with zero attached hydrogens (tertiary/aromatic N) is 1. The summed E-state index contributed by atoms with van der Waals surface area (Å²) in [7, 11) is 0. The molecule has 0 aliphatic carbocycles. The van der Waals surface area contributed by atoms with Gasteiger partial charge in [0.1, 0.15) is 11.8 Å². The summed E-state index contributed by atoms with van der Waals surface area (Å²) < 4.78 is 6.66. The van der Waals surface area contributed by atoms with Gasteiger partial charge in [0, 0.05) is 28.5 Å². The molecule has 8 heteroatoms. The van der Waals surface area contributed by atoms with Crippen molar-refractivity contribution in [3.8, 4) is 5.75 Å². The van der Waals surface area contributed by atoms with Crippen molar-refractivity contribution in [2.24, 2.45) is 0 Å². The highest BCUT2D eigenvalue weighted by Gasteiger charge is 2.31. The largest absolute Gasteiger partial charge is 0.482 e. The van der Waals surface area contributed by atoms with Crippen LogP contribution >= 0.6 is 39.1 Å². The Morgan fingerprint density at radius 3 is 2.29 bits per heavy atom. The molecular formula is C27H27BrCl2N2O3. The van der Waals surface area contributed by atoms with E-state index in [-0.39, 0.29) is 31.0 Å². The molecule has 0 bridgehead atoms. The van der Waals surface area contributed by atoms with Crippen LogP contribution in [0.15, 0.2) is 77.3 Å². The molecule has 3 rings (SSSR count). The number of hydrogen-bond acceptors (Lipinski definition) is 3. The maximum atomic E-state index is 13.5. The van der Waals surface area contributed by atoms with Crippen molar-refractivity contribution in [3.05, 3.63) is 98.4 Å². The average Bonchev–Trinajstić information content (AvgIpc) is 2.82. The predicted molar refractivity (Wildman–Crippen MR) is 144 cm³/mol. The Hall–Kier alpha value is -2.54. The first-order chi connectivity index (χ1) is 16.7. The van der Waals surface area contributed by atoms with Crippen LogP contribution in [0.4, 0.5) is 0 Å². The van der Waals surface area contributed by atoms with Crippen LogP contribution in [0, 0.1) is 0 Å². The van der Waals surface area contributed by atoms with E-state index in [1.807, 2.05) is 68.4 Å². The van der Waals surface area contributed by atoms with Crippen LogP contribution in [-0.2, 0) is 22.6 Å². The number of halogens is 3. The van der Waals surface area contributed by atoms with Gasteiger partial charge in [0.15, 0.2) is 6.61 Å². The van der Waals surface area contributed by atoms with Crippen LogP contribution in [0.2, 0.25) is 10.0 Å². The zero-order valence-corrected chi connectivity index (χ0v) is 22.6. The molecule has 1 atom stereocenters. The minimum atomic E-state index is -0.736. The van der Waals surface area contributed by atoms with Crippen molar-refractivity contribution in [3.63, 3.8) is 0 Å². The van der Waals surface area contributed by atoms with Crippen molar-refractivity contribution >= 4 is 50.9 Å². The number of amides is 2. The maximum Gasteiger partial charge on any atom is 0.261 e. The number of hydrogen-bond donors (Lipinski definition) is 1. The number of benzene rings is 3. The normalized spacial score (nSPS) is 11.7. The van der Waals surface area contributed by atoms with Gasteiger partial charge in [0.2, 0.25) is 5.91 Å². The SMILES string of the molecule is CC(C)NC(=O)C(Cc1ccccc1)N(Cc1ccc(Br)cc1)C(=O)COc1ccc(Cl)cc1Cl. The van der Waals surface area contributed by atoms with Gasteiger partial charge in [0.25, 0.3) is 5.91 Å². The first-order valence-electron chi connectivity index (χ1n) is 11.2.